The Balaban J connectivity index is 1.49. The molecular formula is C18H14Br2N6O3S. The quantitative estimate of drug-likeness (QED) is 0.270. The number of hydrogen-bond acceptors (Lipinski definition) is 7. The molecule has 2 aromatic carbocycles. The first-order valence-electron chi connectivity index (χ1n) is 8.35. The third kappa shape index (κ3) is 6.61. The number of carbonyl (C=O) groups is 2. The molecule has 1 aromatic heterocycles. The molecule has 0 spiro atoms. The molecule has 3 aromatic rings. The summed E-state index contributed by atoms with van der Waals surface area (Å²) in [5, 5.41) is 27.2. The van der Waals surface area contributed by atoms with Crippen molar-refractivity contribution < 1.29 is 14.7 Å². The van der Waals surface area contributed by atoms with E-state index in [0.717, 1.165) is 20.3 Å². The van der Waals surface area contributed by atoms with Crippen LogP contribution in [0.4, 0.5) is 15.6 Å². The molecule has 0 saturated carbocycles. The van der Waals surface area contributed by atoms with Crippen LogP contribution >= 0.6 is 43.2 Å². The third-order valence-corrected chi connectivity index (χ3v) is 5.34. The first-order chi connectivity index (χ1) is 14.4. The first-order valence-corrected chi connectivity index (χ1v) is 10.8. The second-order valence-corrected chi connectivity index (χ2v) is 8.65. The highest BCUT2D eigenvalue weighted by Crippen LogP contribution is 2.20. The van der Waals surface area contributed by atoms with Crippen molar-refractivity contribution in [3.63, 3.8) is 0 Å². The zero-order valence-corrected chi connectivity index (χ0v) is 19.1. The lowest BCUT2D eigenvalue weighted by Gasteiger charge is -2.04. The summed E-state index contributed by atoms with van der Waals surface area (Å²) in [4.78, 5) is 24.0. The number of phenols is 1. The summed E-state index contributed by atoms with van der Waals surface area (Å²) in [5.74, 6) is -0.375. The number of amides is 3. The van der Waals surface area contributed by atoms with Crippen molar-refractivity contribution in [2.75, 3.05) is 10.6 Å². The molecule has 0 saturated heterocycles. The molecule has 0 aliphatic rings. The van der Waals surface area contributed by atoms with Crippen molar-refractivity contribution in [3.05, 3.63) is 62.0 Å². The van der Waals surface area contributed by atoms with Crippen LogP contribution < -0.4 is 16.1 Å². The topological polar surface area (TPSA) is 129 Å². The van der Waals surface area contributed by atoms with Crippen LogP contribution in [0.5, 0.6) is 5.75 Å². The average molecular weight is 554 g/mol. The maximum Gasteiger partial charge on any atom is 0.325 e. The van der Waals surface area contributed by atoms with Crippen LogP contribution in [0.1, 0.15) is 10.6 Å². The summed E-state index contributed by atoms with van der Waals surface area (Å²) in [5.41, 5.74) is 3.42. The first kappa shape index (κ1) is 21.9. The lowest BCUT2D eigenvalue weighted by Crippen LogP contribution is -2.19. The molecule has 0 unspecified atom stereocenters. The number of nitrogens with one attached hydrogen (secondary N) is 3. The summed E-state index contributed by atoms with van der Waals surface area (Å²) in [7, 11) is 0. The molecular weight excluding hydrogens is 540 g/mol. The second kappa shape index (κ2) is 10.3. The lowest BCUT2D eigenvalue weighted by atomic mass is 10.2. The number of carbonyl (C=O) groups excluding carboxylic acids is 2. The number of nitrogens with zero attached hydrogens (tertiary/aromatic N) is 3. The van der Waals surface area contributed by atoms with E-state index in [1.807, 2.05) is 0 Å². The monoisotopic (exact) mass is 552 g/mol. The minimum absolute atomic E-state index is 0.0393. The molecule has 0 aliphatic carbocycles. The molecule has 0 fully saturated rings. The van der Waals surface area contributed by atoms with E-state index in [0.29, 0.717) is 16.3 Å². The van der Waals surface area contributed by atoms with Crippen LogP contribution in [-0.4, -0.2) is 33.5 Å². The highest BCUT2D eigenvalue weighted by Gasteiger charge is 2.11. The van der Waals surface area contributed by atoms with Crippen molar-refractivity contribution in [2.24, 2.45) is 5.10 Å². The fourth-order valence-electron chi connectivity index (χ4n) is 2.15. The van der Waals surface area contributed by atoms with E-state index in [4.69, 9.17) is 0 Å². The molecule has 12 heteroatoms. The Morgan fingerprint density at radius 1 is 1.07 bits per heavy atom. The Morgan fingerprint density at radius 3 is 2.57 bits per heavy atom. The Kier molecular flexibility index (Phi) is 7.49. The maximum atomic E-state index is 12.0. The van der Waals surface area contributed by atoms with Gasteiger partial charge in [0.05, 0.1) is 12.6 Å². The molecule has 30 heavy (non-hydrogen) atoms. The molecule has 3 rings (SSSR count). The predicted octanol–water partition coefficient (Wildman–Crippen LogP) is 4.11. The summed E-state index contributed by atoms with van der Waals surface area (Å²) >= 11 is 7.69. The number of phenolic OH excluding ortho intramolecular Hbond substituents is 1. The summed E-state index contributed by atoms with van der Waals surface area (Å²) < 4.78 is 1.67. The number of hydrogen-bond donors (Lipinski definition) is 4. The largest absolute Gasteiger partial charge is 0.507 e. The number of halogens is 2. The Bertz CT molecular complexity index is 1090. The van der Waals surface area contributed by atoms with Crippen LogP contribution in [0.25, 0.3) is 0 Å². The number of aromatic hydroxyl groups is 1. The average Bonchev–Trinajstić information content (AvgIpc) is 3.12. The number of aromatic nitrogens is 2. The van der Waals surface area contributed by atoms with E-state index in [9.17, 15) is 14.7 Å². The van der Waals surface area contributed by atoms with Crippen LogP contribution in [0.3, 0.4) is 0 Å². The molecule has 0 radical (unpaired) electrons. The summed E-state index contributed by atoms with van der Waals surface area (Å²) in [6, 6.07) is 11.5. The molecule has 0 aliphatic heterocycles. The van der Waals surface area contributed by atoms with Gasteiger partial charge in [0, 0.05) is 20.2 Å². The van der Waals surface area contributed by atoms with Crippen molar-refractivity contribution in [2.45, 2.75) is 6.42 Å². The van der Waals surface area contributed by atoms with E-state index >= 15 is 0 Å². The normalized spacial score (nSPS) is 10.7. The molecule has 154 valence electrons. The Labute approximate surface area is 191 Å². The number of anilines is 2. The highest BCUT2D eigenvalue weighted by atomic mass is 79.9. The van der Waals surface area contributed by atoms with E-state index in [1.54, 1.807) is 36.4 Å². The Morgan fingerprint density at radius 2 is 1.80 bits per heavy atom. The van der Waals surface area contributed by atoms with Gasteiger partial charge in [0.1, 0.15) is 10.8 Å². The van der Waals surface area contributed by atoms with Crippen molar-refractivity contribution in [1.82, 2.24) is 15.6 Å². The van der Waals surface area contributed by atoms with Crippen molar-refractivity contribution in [1.29, 1.82) is 0 Å². The Hall–Kier alpha value is -2.83. The fraction of sp³-hybridized carbons (Fsp3) is 0.0556. The number of rotatable bonds is 6. The van der Waals surface area contributed by atoms with Gasteiger partial charge >= 0.3 is 6.03 Å². The van der Waals surface area contributed by atoms with Crippen molar-refractivity contribution >= 4 is 72.2 Å². The van der Waals surface area contributed by atoms with Gasteiger partial charge in [0.2, 0.25) is 11.0 Å². The highest BCUT2D eigenvalue weighted by molar-refractivity contribution is 9.10. The predicted molar refractivity (Wildman–Crippen MR) is 122 cm³/mol. The molecule has 0 bridgehead atoms. The summed E-state index contributed by atoms with van der Waals surface area (Å²) in [6.45, 7) is 0. The maximum absolute atomic E-state index is 12.0. The van der Waals surface area contributed by atoms with Gasteiger partial charge in [-0.25, -0.2) is 10.2 Å². The van der Waals surface area contributed by atoms with Gasteiger partial charge in [-0.2, -0.15) is 5.10 Å². The zero-order chi connectivity index (χ0) is 21.5. The van der Waals surface area contributed by atoms with Crippen molar-refractivity contribution in [3.8, 4) is 5.75 Å². The van der Waals surface area contributed by atoms with Gasteiger partial charge in [0.25, 0.3) is 0 Å². The SMILES string of the molecule is O=C(Cc1nnc(NC(=O)Nc2ccc(Br)cc2)s1)N/N=C\c1cc(Br)ccc1O. The number of hydrazone groups is 1. The lowest BCUT2D eigenvalue weighted by molar-refractivity contribution is -0.120. The van der Waals surface area contributed by atoms with Gasteiger partial charge in [0.15, 0.2) is 0 Å². The van der Waals surface area contributed by atoms with Crippen LogP contribution in [-0.2, 0) is 11.2 Å². The van der Waals surface area contributed by atoms with Gasteiger partial charge in [-0.05, 0) is 42.5 Å². The fourth-order valence-corrected chi connectivity index (χ4v) is 3.52. The molecule has 4 N–H and O–H groups in total. The molecule has 0 atom stereocenters. The molecule has 9 nitrogen and oxygen atoms in total. The van der Waals surface area contributed by atoms with Crippen LogP contribution in [0, 0.1) is 0 Å². The molecule has 3 amide bonds. The van der Waals surface area contributed by atoms with Gasteiger partial charge in [-0.15, -0.1) is 10.2 Å². The van der Waals surface area contributed by atoms with E-state index < -0.39 is 11.9 Å². The zero-order valence-electron chi connectivity index (χ0n) is 15.1. The van der Waals surface area contributed by atoms with Gasteiger partial charge < -0.3 is 10.4 Å². The standard InChI is InChI=1S/C18H14Br2N6O3S/c19-11-1-4-13(5-2-11)22-17(29)23-18-26-25-16(30-18)8-15(28)24-21-9-10-7-12(20)3-6-14(10)27/h1-7,9,27H,8H2,(H,24,28)(H2,22,23,26,29)/b21-9-. The third-order valence-electron chi connectivity index (χ3n) is 3.48. The van der Waals surface area contributed by atoms with Crippen LogP contribution in [0.2, 0.25) is 0 Å². The minimum Gasteiger partial charge on any atom is -0.507 e. The van der Waals surface area contributed by atoms with Gasteiger partial charge in [-0.3, -0.25) is 10.1 Å². The van der Waals surface area contributed by atoms with E-state index in [1.165, 1.54) is 12.3 Å². The smallest absolute Gasteiger partial charge is 0.325 e. The number of urea groups is 1. The molecule has 1 heterocycles. The van der Waals surface area contributed by atoms with E-state index in [2.05, 4.69) is 63.2 Å². The van der Waals surface area contributed by atoms with Crippen LogP contribution in [0.15, 0.2) is 56.5 Å². The minimum atomic E-state index is -0.470. The summed E-state index contributed by atoms with van der Waals surface area (Å²) in [6.07, 6.45) is 1.27. The number of benzene rings is 2. The van der Waals surface area contributed by atoms with E-state index in [-0.39, 0.29) is 17.3 Å². The second-order valence-electron chi connectivity index (χ2n) is 5.76. The van der Waals surface area contributed by atoms with Gasteiger partial charge in [-0.1, -0.05) is 43.2 Å².